The number of piperidine rings is 1. The lowest BCUT2D eigenvalue weighted by atomic mass is 10.0. The summed E-state index contributed by atoms with van der Waals surface area (Å²) in [5.74, 6) is 1.50. The van der Waals surface area contributed by atoms with Gasteiger partial charge >= 0.3 is 0 Å². The van der Waals surface area contributed by atoms with Gasteiger partial charge in [0.1, 0.15) is 17.9 Å². The van der Waals surface area contributed by atoms with Gasteiger partial charge in [0.05, 0.1) is 24.7 Å². The first-order chi connectivity index (χ1) is 17.2. The molecule has 2 N–H and O–H groups in total. The van der Waals surface area contributed by atoms with E-state index >= 15 is 0 Å². The number of hydrogen-bond donors (Lipinski definition) is 2. The highest BCUT2D eigenvalue weighted by Gasteiger charge is 2.22. The molecule has 4 rings (SSSR count). The van der Waals surface area contributed by atoms with Crippen LogP contribution in [0.25, 0.3) is 0 Å². The molecule has 0 radical (unpaired) electrons. The molecule has 1 aromatic heterocycles. The van der Waals surface area contributed by atoms with Gasteiger partial charge in [-0.05, 0) is 64.5 Å². The minimum Gasteiger partial charge on any atom is -0.494 e. The third-order valence-corrected chi connectivity index (χ3v) is 8.30. The van der Waals surface area contributed by atoms with Crippen LogP contribution in [0.5, 0.6) is 5.75 Å². The minimum absolute atomic E-state index is 0.362. The van der Waals surface area contributed by atoms with Gasteiger partial charge in [-0.25, -0.2) is 4.98 Å². The van der Waals surface area contributed by atoms with Crippen molar-refractivity contribution in [2.45, 2.75) is 18.9 Å². The SMILES string of the molecule is COc1cc(N2CCC(N(C)C)CC2)ccc1Nc1ncc(Cl)c(Nc2ccccc2P(C)(C)=O)n1. The van der Waals surface area contributed by atoms with Crippen molar-refractivity contribution >= 4 is 52.9 Å². The van der Waals surface area contributed by atoms with Crippen molar-refractivity contribution in [2.75, 3.05) is 63.2 Å². The molecule has 0 amide bonds. The van der Waals surface area contributed by atoms with E-state index in [1.165, 1.54) is 6.20 Å². The van der Waals surface area contributed by atoms with Crippen LogP contribution in [-0.2, 0) is 4.57 Å². The normalized spacial score (nSPS) is 14.7. The third kappa shape index (κ3) is 6.12. The van der Waals surface area contributed by atoms with E-state index in [0.29, 0.717) is 34.3 Å². The summed E-state index contributed by atoms with van der Waals surface area (Å²) in [6, 6.07) is 14.2. The summed E-state index contributed by atoms with van der Waals surface area (Å²) in [6.45, 7) is 5.50. The second-order valence-electron chi connectivity index (χ2n) is 9.57. The molecule has 0 saturated carbocycles. The fraction of sp³-hybridized carbons (Fsp3) is 0.385. The zero-order chi connectivity index (χ0) is 25.9. The van der Waals surface area contributed by atoms with E-state index in [2.05, 4.69) is 50.6 Å². The average Bonchev–Trinajstić information content (AvgIpc) is 2.86. The fourth-order valence-corrected chi connectivity index (χ4v) is 5.73. The molecule has 10 heteroatoms. The Kier molecular flexibility index (Phi) is 8.08. The Morgan fingerprint density at radius 2 is 1.81 bits per heavy atom. The van der Waals surface area contributed by atoms with Gasteiger partial charge < -0.3 is 29.7 Å². The van der Waals surface area contributed by atoms with E-state index in [9.17, 15) is 4.57 Å². The number of aromatic nitrogens is 2. The molecule has 1 aliphatic heterocycles. The molecule has 0 spiro atoms. The van der Waals surface area contributed by atoms with Crippen LogP contribution < -0.4 is 25.6 Å². The number of nitrogens with zero attached hydrogens (tertiary/aromatic N) is 4. The Bertz CT molecular complexity index is 1260. The topological polar surface area (TPSA) is 82.6 Å². The summed E-state index contributed by atoms with van der Waals surface area (Å²) in [4.78, 5) is 13.6. The summed E-state index contributed by atoms with van der Waals surface area (Å²) in [7, 11) is 3.45. The number of halogens is 1. The Morgan fingerprint density at radius 1 is 1.08 bits per heavy atom. The number of anilines is 5. The largest absolute Gasteiger partial charge is 0.494 e. The molecule has 1 saturated heterocycles. The standard InChI is InChI=1S/C26H34ClN6O2P/c1-32(2)18-12-14-33(15-13-18)19-10-11-21(23(16-19)35-3)30-26-28-17-20(27)25(31-26)29-22-8-6-7-9-24(22)36(4,5)34/h6-11,16-18H,12-15H2,1-5H3,(H2,28,29,30,31). The van der Waals surface area contributed by atoms with E-state index in [1.807, 2.05) is 36.4 Å². The molecule has 192 valence electrons. The molecule has 0 atom stereocenters. The Balaban J connectivity index is 1.53. The van der Waals surface area contributed by atoms with Gasteiger partial charge in [0, 0.05) is 36.2 Å². The van der Waals surface area contributed by atoms with Gasteiger partial charge in [-0.1, -0.05) is 23.7 Å². The number of methoxy groups -OCH3 is 1. The molecule has 36 heavy (non-hydrogen) atoms. The van der Waals surface area contributed by atoms with Crippen LogP contribution in [0.2, 0.25) is 5.02 Å². The molecular weight excluding hydrogens is 495 g/mol. The maximum atomic E-state index is 12.7. The van der Waals surface area contributed by atoms with Crippen molar-refractivity contribution < 1.29 is 9.30 Å². The highest BCUT2D eigenvalue weighted by molar-refractivity contribution is 7.70. The predicted molar refractivity (Wildman–Crippen MR) is 151 cm³/mol. The Hall–Kier alpha value is -2.80. The summed E-state index contributed by atoms with van der Waals surface area (Å²) < 4.78 is 18.4. The maximum Gasteiger partial charge on any atom is 0.229 e. The number of rotatable bonds is 8. The van der Waals surface area contributed by atoms with Gasteiger partial charge in [-0.15, -0.1) is 0 Å². The fourth-order valence-electron chi connectivity index (χ4n) is 4.43. The second kappa shape index (κ2) is 11.1. The third-order valence-electron chi connectivity index (χ3n) is 6.47. The van der Waals surface area contributed by atoms with Crippen LogP contribution in [0.15, 0.2) is 48.7 Å². The summed E-state index contributed by atoms with van der Waals surface area (Å²) in [5.41, 5.74) is 2.59. The number of benzene rings is 2. The van der Waals surface area contributed by atoms with Crippen molar-refractivity contribution in [1.29, 1.82) is 0 Å². The zero-order valence-corrected chi connectivity index (χ0v) is 23.1. The van der Waals surface area contributed by atoms with Crippen molar-refractivity contribution in [3.8, 4) is 5.75 Å². The highest BCUT2D eigenvalue weighted by atomic mass is 35.5. The van der Waals surface area contributed by atoms with Crippen LogP contribution in [0.1, 0.15) is 12.8 Å². The number of hydrogen-bond acceptors (Lipinski definition) is 8. The van der Waals surface area contributed by atoms with E-state index < -0.39 is 7.14 Å². The zero-order valence-electron chi connectivity index (χ0n) is 21.5. The first-order valence-electron chi connectivity index (χ1n) is 12.0. The van der Waals surface area contributed by atoms with Crippen molar-refractivity contribution in [3.05, 3.63) is 53.7 Å². The van der Waals surface area contributed by atoms with Crippen molar-refractivity contribution in [3.63, 3.8) is 0 Å². The lowest BCUT2D eigenvalue weighted by Crippen LogP contribution is -2.41. The first kappa shape index (κ1) is 26.3. The lowest BCUT2D eigenvalue weighted by Gasteiger charge is -2.36. The van der Waals surface area contributed by atoms with Gasteiger partial charge in [-0.2, -0.15) is 4.98 Å². The van der Waals surface area contributed by atoms with Gasteiger partial charge in [0.25, 0.3) is 0 Å². The van der Waals surface area contributed by atoms with Crippen LogP contribution >= 0.6 is 18.7 Å². The monoisotopic (exact) mass is 528 g/mol. The summed E-state index contributed by atoms with van der Waals surface area (Å²) in [5, 5.41) is 7.58. The molecule has 0 unspecified atom stereocenters. The molecule has 2 aromatic carbocycles. The van der Waals surface area contributed by atoms with Crippen LogP contribution in [0.3, 0.4) is 0 Å². The van der Waals surface area contributed by atoms with Crippen LogP contribution in [-0.4, -0.2) is 68.5 Å². The molecule has 2 heterocycles. The van der Waals surface area contributed by atoms with E-state index in [1.54, 1.807) is 20.4 Å². The minimum atomic E-state index is -2.50. The number of nitrogens with one attached hydrogen (secondary N) is 2. The average molecular weight is 529 g/mol. The second-order valence-corrected chi connectivity index (χ2v) is 13.2. The smallest absolute Gasteiger partial charge is 0.229 e. The van der Waals surface area contributed by atoms with Crippen LogP contribution in [0, 0.1) is 0 Å². The summed E-state index contributed by atoms with van der Waals surface area (Å²) in [6.07, 6.45) is 3.81. The van der Waals surface area contributed by atoms with Crippen molar-refractivity contribution in [1.82, 2.24) is 14.9 Å². The van der Waals surface area contributed by atoms with Gasteiger partial charge in [-0.3, -0.25) is 0 Å². The summed E-state index contributed by atoms with van der Waals surface area (Å²) >= 11 is 6.39. The van der Waals surface area contributed by atoms with Crippen molar-refractivity contribution in [2.24, 2.45) is 0 Å². The van der Waals surface area contributed by atoms with E-state index in [4.69, 9.17) is 16.3 Å². The Labute approximate surface area is 218 Å². The molecule has 0 aliphatic carbocycles. The molecule has 3 aromatic rings. The van der Waals surface area contributed by atoms with E-state index in [-0.39, 0.29) is 0 Å². The molecule has 8 nitrogen and oxygen atoms in total. The molecule has 1 fully saturated rings. The quantitative estimate of drug-likeness (QED) is 0.376. The molecular formula is C26H34ClN6O2P. The first-order valence-corrected chi connectivity index (χ1v) is 14.9. The Morgan fingerprint density at radius 3 is 2.47 bits per heavy atom. The van der Waals surface area contributed by atoms with Gasteiger partial charge in [0.15, 0.2) is 5.82 Å². The molecule has 1 aliphatic rings. The van der Waals surface area contributed by atoms with Gasteiger partial charge in [0.2, 0.25) is 5.95 Å². The van der Waals surface area contributed by atoms with E-state index in [0.717, 1.165) is 42.6 Å². The lowest BCUT2D eigenvalue weighted by molar-refractivity contribution is 0.249. The number of para-hydroxylation sites is 1. The highest BCUT2D eigenvalue weighted by Crippen LogP contribution is 2.39. The maximum absolute atomic E-state index is 12.7. The van der Waals surface area contributed by atoms with Crippen LogP contribution in [0.4, 0.5) is 28.8 Å². The number of ether oxygens (including phenoxy) is 1. The predicted octanol–water partition coefficient (Wildman–Crippen LogP) is 5.40. The molecule has 0 bridgehead atoms.